The molecule has 0 spiro atoms. The van der Waals surface area contributed by atoms with Crippen LogP contribution in [0.5, 0.6) is 0 Å². The standard InChI is InChI=1S/C24H31N3O/c1-19-11-15-27(16-12-19)22-10-9-20(17-25-22)18-26-23(28)24(13-5-6-14-24)21-7-3-2-4-8-21/h2-4,7-10,17,19H,5-6,11-16,18H2,1H3,(H,26,28). The molecule has 4 nitrogen and oxygen atoms in total. The van der Waals surface area contributed by atoms with Crippen molar-refractivity contribution in [3.05, 3.63) is 59.8 Å². The maximum atomic E-state index is 13.1. The van der Waals surface area contributed by atoms with Crippen LogP contribution in [0.3, 0.4) is 0 Å². The smallest absolute Gasteiger partial charge is 0.230 e. The molecule has 2 heterocycles. The number of hydrogen-bond acceptors (Lipinski definition) is 3. The van der Waals surface area contributed by atoms with Crippen molar-refractivity contribution in [3.63, 3.8) is 0 Å². The summed E-state index contributed by atoms with van der Waals surface area (Å²) in [7, 11) is 0. The van der Waals surface area contributed by atoms with Gasteiger partial charge in [0.1, 0.15) is 5.82 Å². The lowest BCUT2D eigenvalue weighted by molar-refractivity contribution is -0.126. The fraction of sp³-hybridized carbons (Fsp3) is 0.500. The molecule has 1 aromatic carbocycles. The molecule has 28 heavy (non-hydrogen) atoms. The van der Waals surface area contributed by atoms with Gasteiger partial charge in [-0.15, -0.1) is 0 Å². The number of carbonyl (C=O) groups is 1. The van der Waals surface area contributed by atoms with Crippen LogP contribution in [-0.2, 0) is 16.8 Å². The minimum absolute atomic E-state index is 0.158. The molecule has 1 aliphatic heterocycles. The van der Waals surface area contributed by atoms with Gasteiger partial charge in [0.15, 0.2) is 0 Å². The summed E-state index contributed by atoms with van der Waals surface area (Å²) in [6, 6.07) is 14.5. The van der Waals surface area contributed by atoms with E-state index in [1.807, 2.05) is 24.4 Å². The number of rotatable bonds is 5. The third-order valence-corrected chi connectivity index (χ3v) is 6.59. The number of hydrogen-bond donors (Lipinski definition) is 1. The molecule has 2 fully saturated rings. The minimum atomic E-state index is -0.362. The van der Waals surface area contributed by atoms with E-state index < -0.39 is 0 Å². The number of nitrogens with one attached hydrogen (secondary N) is 1. The predicted molar refractivity (Wildman–Crippen MR) is 113 cm³/mol. The first-order valence-electron chi connectivity index (χ1n) is 10.7. The second kappa shape index (κ2) is 8.34. The SMILES string of the molecule is CC1CCN(c2ccc(CNC(=O)C3(c4ccccc4)CCCC3)cn2)CC1. The Hall–Kier alpha value is -2.36. The molecule has 1 saturated carbocycles. The molecule has 148 valence electrons. The Morgan fingerprint density at radius 1 is 1.11 bits per heavy atom. The zero-order chi connectivity index (χ0) is 19.4. The van der Waals surface area contributed by atoms with Gasteiger partial charge in [0, 0.05) is 25.8 Å². The predicted octanol–water partition coefficient (Wildman–Crippen LogP) is 4.45. The van der Waals surface area contributed by atoms with E-state index in [0.29, 0.717) is 6.54 Å². The van der Waals surface area contributed by atoms with E-state index in [1.165, 1.54) is 12.8 Å². The molecule has 0 bridgehead atoms. The summed E-state index contributed by atoms with van der Waals surface area (Å²) in [4.78, 5) is 20.2. The monoisotopic (exact) mass is 377 g/mol. The van der Waals surface area contributed by atoms with Crippen LogP contribution in [0.2, 0.25) is 0 Å². The number of piperidine rings is 1. The van der Waals surface area contributed by atoms with Gasteiger partial charge in [0.25, 0.3) is 0 Å². The molecular formula is C24H31N3O. The fourth-order valence-corrected chi connectivity index (χ4v) is 4.68. The van der Waals surface area contributed by atoms with Gasteiger partial charge in [-0.05, 0) is 48.8 Å². The third kappa shape index (κ3) is 3.91. The highest BCUT2D eigenvalue weighted by molar-refractivity contribution is 5.88. The molecule has 1 N–H and O–H groups in total. The van der Waals surface area contributed by atoms with E-state index in [4.69, 9.17) is 0 Å². The summed E-state index contributed by atoms with van der Waals surface area (Å²) in [6.07, 6.45) is 8.50. The highest BCUT2D eigenvalue weighted by Crippen LogP contribution is 2.41. The first-order valence-corrected chi connectivity index (χ1v) is 10.7. The Bertz CT molecular complexity index is 773. The van der Waals surface area contributed by atoms with E-state index in [0.717, 1.165) is 61.6 Å². The second-order valence-corrected chi connectivity index (χ2v) is 8.53. The maximum Gasteiger partial charge on any atom is 0.230 e. The van der Waals surface area contributed by atoms with Crippen LogP contribution >= 0.6 is 0 Å². The lowest BCUT2D eigenvalue weighted by Gasteiger charge is -2.31. The summed E-state index contributed by atoms with van der Waals surface area (Å²) in [5.41, 5.74) is 1.85. The Kier molecular flexibility index (Phi) is 5.65. The average molecular weight is 378 g/mol. The molecule has 0 radical (unpaired) electrons. The molecule has 2 aliphatic rings. The number of aromatic nitrogens is 1. The molecule has 4 rings (SSSR count). The molecular weight excluding hydrogens is 346 g/mol. The van der Waals surface area contributed by atoms with Gasteiger partial charge in [0.2, 0.25) is 5.91 Å². The number of nitrogens with zero attached hydrogens (tertiary/aromatic N) is 2. The topological polar surface area (TPSA) is 45.2 Å². The van der Waals surface area contributed by atoms with Crippen molar-refractivity contribution in [3.8, 4) is 0 Å². The maximum absolute atomic E-state index is 13.1. The van der Waals surface area contributed by atoms with Crippen LogP contribution in [-0.4, -0.2) is 24.0 Å². The number of benzene rings is 1. The van der Waals surface area contributed by atoms with Crippen LogP contribution < -0.4 is 10.2 Å². The molecule has 0 unspecified atom stereocenters. The summed E-state index contributed by atoms with van der Waals surface area (Å²) in [6.45, 7) is 5.04. The zero-order valence-corrected chi connectivity index (χ0v) is 16.9. The highest BCUT2D eigenvalue weighted by atomic mass is 16.2. The van der Waals surface area contributed by atoms with E-state index in [-0.39, 0.29) is 11.3 Å². The van der Waals surface area contributed by atoms with Gasteiger partial charge >= 0.3 is 0 Å². The molecule has 1 aliphatic carbocycles. The summed E-state index contributed by atoms with van der Waals surface area (Å²) >= 11 is 0. The molecule has 1 aromatic heterocycles. The van der Waals surface area contributed by atoms with E-state index in [9.17, 15) is 4.79 Å². The van der Waals surface area contributed by atoms with Gasteiger partial charge < -0.3 is 10.2 Å². The van der Waals surface area contributed by atoms with Crippen LogP contribution in [0.25, 0.3) is 0 Å². The molecule has 1 amide bonds. The van der Waals surface area contributed by atoms with Crippen molar-refractivity contribution >= 4 is 11.7 Å². The van der Waals surface area contributed by atoms with Gasteiger partial charge in [-0.25, -0.2) is 4.98 Å². The molecule has 4 heteroatoms. The number of amides is 1. The third-order valence-electron chi connectivity index (χ3n) is 6.59. The Labute approximate surface area is 168 Å². The fourth-order valence-electron chi connectivity index (χ4n) is 4.68. The van der Waals surface area contributed by atoms with Gasteiger partial charge in [-0.3, -0.25) is 4.79 Å². The van der Waals surface area contributed by atoms with E-state index in [2.05, 4.69) is 46.4 Å². The molecule has 1 saturated heterocycles. The number of carbonyl (C=O) groups excluding carboxylic acids is 1. The first-order chi connectivity index (χ1) is 13.7. The number of pyridine rings is 1. The van der Waals surface area contributed by atoms with Crippen LogP contribution in [0.1, 0.15) is 56.6 Å². The molecule has 0 atom stereocenters. The normalized spacial score (nSPS) is 19.5. The summed E-state index contributed by atoms with van der Waals surface area (Å²) in [5.74, 6) is 2.03. The largest absolute Gasteiger partial charge is 0.357 e. The Morgan fingerprint density at radius 2 is 1.82 bits per heavy atom. The summed E-state index contributed by atoms with van der Waals surface area (Å²) < 4.78 is 0. The van der Waals surface area contributed by atoms with Crippen LogP contribution in [0.4, 0.5) is 5.82 Å². The van der Waals surface area contributed by atoms with Gasteiger partial charge in [0.05, 0.1) is 5.41 Å². The Morgan fingerprint density at radius 3 is 2.46 bits per heavy atom. The van der Waals surface area contributed by atoms with Crippen molar-refractivity contribution in [1.29, 1.82) is 0 Å². The van der Waals surface area contributed by atoms with Gasteiger partial charge in [-0.1, -0.05) is 56.2 Å². The average Bonchev–Trinajstić information content (AvgIpc) is 3.25. The number of anilines is 1. The quantitative estimate of drug-likeness (QED) is 0.837. The van der Waals surface area contributed by atoms with E-state index in [1.54, 1.807) is 0 Å². The lowest BCUT2D eigenvalue weighted by atomic mass is 9.78. The van der Waals surface area contributed by atoms with Crippen molar-refractivity contribution < 1.29 is 4.79 Å². The van der Waals surface area contributed by atoms with Crippen molar-refractivity contribution in [2.24, 2.45) is 5.92 Å². The van der Waals surface area contributed by atoms with Crippen LogP contribution in [0, 0.1) is 5.92 Å². The van der Waals surface area contributed by atoms with Crippen molar-refractivity contribution in [2.75, 3.05) is 18.0 Å². The van der Waals surface area contributed by atoms with Gasteiger partial charge in [-0.2, -0.15) is 0 Å². The second-order valence-electron chi connectivity index (χ2n) is 8.53. The van der Waals surface area contributed by atoms with Crippen molar-refractivity contribution in [1.82, 2.24) is 10.3 Å². The Balaban J connectivity index is 1.39. The summed E-state index contributed by atoms with van der Waals surface area (Å²) in [5, 5.41) is 3.19. The van der Waals surface area contributed by atoms with Crippen LogP contribution in [0.15, 0.2) is 48.7 Å². The lowest BCUT2D eigenvalue weighted by Crippen LogP contribution is -2.42. The van der Waals surface area contributed by atoms with E-state index >= 15 is 0 Å². The zero-order valence-electron chi connectivity index (χ0n) is 16.9. The highest BCUT2D eigenvalue weighted by Gasteiger charge is 2.42. The molecule has 2 aromatic rings. The minimum Gasteiger partial charge on any atom is -0.357 e. The first kappa shape index (κ1) is 19.0. The van der Waals surface area contributed by atoms with Crippen molar-refractivity contribution in [2.45, 2.75) is 57.4 Å².